The van der Waals surface area contributed by atoms with Gasteiger partial charge in [0.05, 0.1) is 13.2 Å². The number of hydrogen-bond acceptors (Lipinski definition) is 4. The van der Waals surface area contributed by atoms with Crippen LogP contribution in [0.3, 0.4) is 0 Å². The number of carbonyl (C=O) groups is 3. The van der Waals surface area contributed by atoms with Gasteiger partial charge >= 0.3 is 12.0 Å². The number of carboxylic acid groups (broad SMARTS) is 1. The zero-order valence-corrected chi connectivity index (χ0v) is 12.7. The Morgan fingerprint density at radius 1 is 1.33 bits per heavy atom. The molecule has 0 aromatic rings. The van der Waals surface area contributed by atoms with Crippen molar-refractivity contribution in [1.29, 1.82) is 0 Å². The quantitative estimate of drug-likeness (QED) is 0.752. The molecule has 1 atom stereocenters. The Labute approximate surface area is 124 Å². The van der Waals surface area contributed by atoms with Gasteiger partial charge in [-0.3, -0.25) is 4.79 Å². The molecular formula is C13H23N3O5. The van der Waals surface area contributed by atoms with Gasteiger partial charge in [-0.1, -0.05) is 6.92 Å². The fourth-order valence-corrected chi connectivity index (χ4v) is 2.04. The summed E-state index contributed by atoms with van der Waals surface area (Å²) in [7, 11) is 3.23. The first kappa shape index (κ1) is 17.2. The summed E-state index contributed by atoms with van der Waals surface area (Å²) >= 11 is 0. The van der Waals surface area contributed by atoms with Crippen molar-refractivity contribution in [2.45, 2.75) is 19.4 Å². The third kappa shape index (κ3) is 4.59. The molecular weight excluding hydrogens is 278 g/mol. The largest absolute Gasteiger partial charge is 0.480 e. The van der Waals surface area contributed by atoms with Gasteiger partial charge < -0.3 is 24.5 Å². The van der Waals surface area contributed by atoms with Crippen molar-refractivity contribution >= 4 is 17.9 Å². The number of rotatable bonds is 5. The van der Waals surface area contributed by atoms with E-state index in [4.69, 9.17) is 4.74 Å². The molecule has 1 fully saturated rings. The molecule has 0 aliphatic carbocycles. The highest BCUT2D eigenvalue weighted by Crippen LogP contribution is 2.11. The highest BCUT2D eigenvalue weighted by atomic mass is 16.5. The summed E-state index contributed by atoms with van der Waals surface area (Å²) in [5.41, 5.74) is 0. The molecule has 3 amide bonds. The predicted molar refractivity (Wildman–Crippen MR) is 74.9 cm³/mol. The van der Waals surface area contributed by atoms with Crippen LogP contribution in [0.2, 0.25) is 0 Å². The Morgan fingerprint density at radius 3 is 2.52 bits per heavy atom. The molecule has 120 valence electrons. The number of nitrogens with zero attached hydrogens (tertiary/aromatic N) is 3. The first-order valence-electron chi connectivity index (χ1n) is 6.94. The maximum atomic E-state index is 12.5. The van der Waals surface area contributed by atoms with Crippen LogP contribution in [0.1, 0.15) is 13.3 Å². The summed E-state index contributed by atoms with van der Waals surface area (Å²) in [6, 6.07) is -1.43. The van der Waals surface area contributed by atoms with E-state index in [1.807, 2.05) is 6.92 Å². The normalized spacial score (nSPS) is 18.2. The predicted octanol–water partition coefficient (Wildman–Crippen LogP) is -0.308. The number of morpholine rings is 1. The summed E-state index contributed by atoms with van der Waals surface area (Å²) in [4.78, 5) is 39.6. The van der Waals surface area contributed by atoms with Crippen molar-refractivity contribution in [2.24, 2.45) is 0 Å². The lowest BCUT2D eigenvalue weighted by Crippen LogP contribution is -2.57. The topological polar surface area (TPSA) is 90.4 Å². The van der Waals surface area contributed by atoms with Gasteiger partial charge in [0, 0.05) is 27.2 Å². The average Bonchev–Trinajstić information content (AvgIpc) is 2.45. The van der Waals surface area contributed by atoms with Crippen molar-refractivity contribution in [2.75, 3.05) is 46.9 Å². The van der Waals surface area contributed by atoms with E-state index < -0.39 is 18.0 Å². The zero-order valence-electron chi connectivity index (χ0n) is 12.7. The molecule has 0 bridgehead atoms. The van der Waals surface area contributed by atoms with Gasteiger partial charge in [0.2, 0.25) is 5.91 Å². The van der Waals surface area contributed by atoms with Crippen LogP contribution >= 0.6 is 0 Å². The molecule has 1 unspecified atom stereocenters. The van der Waals surface area contributed by atoms with Crippen LogP contribution in [0, 0.1) is 0 Å². The van der Waals surface area contributed by atoms with E-state index in [1.54, 1.807) is 14.1 Å². The lowest BCUT2D eigenvalue weighted by Gasteiger charge is -2.36. The number of carboxylic acids is 1. The molecule has 8 nitrogen and oxygen atoms in total. The average molecular weight is 301 g/mol. The molecule has 1 saturated heterocycles. The Bertz CT molecular complexity index is 399. The SMILES string of the molecule is CCCN(CC(=O)N(C)C)C(=O)N1CCOCC1C(=O)O. The van der Waals surface area contributed by atoms with Crippen LogP contribution in [-0.2, 0) is 14.3 Å². The van der Waals surface area contributed by atoms with Crippen molar-refractivity contribution in [3.63, 3.8) is 0 Å². The molecule has 21 heavy (non-hydrogen) atoms. The number of carbonyl (C=O) groups excluding carboxylic acids is 2. The lowest BCUT2D eigenvalue weighted by atomic mass is 10.2. The second kappa shape index (κ2) is 7.82. The van der Waals surface area contributed by atoms with Crippen LogP contribution in [0.25, 0.3) is 0 Å². The van der Waals surface area contributed by atoms with E-state index in [0.29, 0.717) is 19.6 Å². The summed E-state index contributed by atoms with van der Waals surface area (Å²) in [5.74, 6) is -1.30. The number of hydrogen-bond donors (Lipinski definition) is 1. The molecule has 1 rings (SSSR count). The number of ether oxygens (including phenoxy) is 1. The second-order valence-corrected chi connectivity index (χ2v) is 5.11. The number of aliphatic carboxylic acids is 1. The summed E-state index contributed by atoms with van der Waals surface area (Å²) in [5, 5.41) is 9.17. The Hall–Kier alpha value is -1.83. The van der Waals surface area contributed by atoms with Crippen molar-refractivity contribution in [1.82, 2.24) is 14.7 Å². The van der Waals surface area contributed by atoms with Gasteiger partial charge in [-0.05, 0) is 6.42 Å². The molecule has 0 radical (unpaired) electrons. The highest BCUT2D eigenvalue weighted by Gasteiger charge is 2.35. The monoisotopic (exact) mass is 301 g/mol. The van der Waals surface area contributed by atoms with E-state index >= 15 is 0 Å². The van der Waals surface area contributed by atoms with Crippen LogP contribution in [0.5, 0.6) is 0 Å². The van der Waals surface area contributed by atoms with Crippen molar-refractivity contribution in [3.05, 3.63) is 0 Å². The Kier molecular flexibility index (Phi) is 6.41. The first-order chi connectivity index (χ1) is 9.88. The highest BCUT2D eigenvalue weighted by molar-refractivity contribution is 5.86. The van der Waals surface area contributed by atoms with E-state index in [0.717, 1.165) is 0 Å². The van der Waals surface area contributed by atoms with Gasteiger partial charge in [0.1, 0.15) is 6.54 Å². The minimum Gasteiger partial charge on any atom is -0.480 e. The molecule has 0 aromatic carbocycles. The maximum Gasteiger partial charge on any atom is 0.328 e. The summed E-state index contributed by atoms with van der Waals surface area (Å²) < 4.78 is 5.11. The molecule has 1 N–H and O–H groups in total. The van der Waals surface area contributed by atoms with Crippen molar-refractivity contribution in [3.8, 4) is 0 Å². The third-order valence-corrected chi connectivity index (χ3v) is 3.25. The molecule has 1 heterocycles. The van der Waals surface area contributed by atoms with Crippen LogP contribution in [0.15, 0.2) is 0 Å². The van der Waals surface area contributed by atoms with Gasteiger partial charge in [0.25, 0.3) is 0 Å². The van der Waals surface area contributed by atoms with E-state index in [2.05, 4.69) is 0 Å². The van der Waals surface area contributed by atoms with Crippen LogP contribution in [-0.4, -0.2) is 90.7 Å². The molecule has 0 spiro atoms. The number of amides is 3. The van der Waals surface area contributed by atoms with Gasteiger partial charge in [0.15, 0.2) is 6.04 Å². The van der Waals surface area contributed by atoms with E-state index in [-0.39, 0.29) is 25.6 Å². The minimum atomic E-state index is -1.10. The van der Waals surface area contributed by atoms with Crippen LogP contribution < -0.4 is 0 Å². The van der Waals surface area contributed by atoms with E-state index in [9.17, 15) is 19.5 Å². The van der Waals surface area contributed by atoms with E-state index in [1.165, 1.54) is 14.7 Å². The Balaban J connectivity index is 2.82. The summed E-state index contributed by atoms with van der Waals surface area (Å²) in [6.07, 6.45) is 0.689. The summed E-state index contributed by atoms with van der Waals surface area (Å²) in [6.45, 7) is 2.74. The fraction of sp³-hybridized carbons (Fsp3) is 0.769. The second-order valence-electron chi connectivity index (χ2n) is 5.11. The molecule has 1 aliphatic heterocycles. The maximum absolute atomic E-state index is 12.5. The molecule has 1 aliphatic rings. The molecule has 0 saturated carbocycles. The molecule has 0 aromatic heterocycles. The van der Waals surface area contributed by atoms with Crippen LogP contribution in [0.4, 0.5) is 4.79 Å². The fourth-order valence-electron chi connectivity index (χ4n) is 2.04. The first-order valence-corrected chi connectivity index (χ1v) is 6.94. The lowest BCUT2D eigenvalue weighted by molar-refractivity contribution is -0.147. The standard InChI is InChI=1S/C13H23N3O5/c1-4-5-15(8-11(17)14(2)3)13(20)16-6-7-21-9-10(16)12(18)19/h10H,4-9H2,1-3H3,(H,18,19). The zero-order chi connectivity index (χ0) is 16.0. The minimum absolute atomic E-state index is 0.0251. The number of urea groups is 1. The van der Waals surface area contributed by atoms with Gasteiger partial charge in [-0.15, -0.1) is 0 Å². The third-order valence-electron chi connectivity index (χ3n) is 3.25. The number of likely N-dealkylation sites (N-methyl/N-ethyl adjacent to an activating group) is 1. The smallest absolute Gasteiger partial charge is 0.328 e. The van der Waals surface area contributed by atoms with Gasteiger partial charge in [-0.2, -0.15) is 0 Å². The molecule has 8 heteroatoms. The Morgan fingerprint density at radius 2 is 2.00 bits per heavy atom. The van der Waals surface area contributed by atoms with Crippen molar-refractivity contribution < 1.29 is 24.2 Å². The van der Waals surface area contributed by atoms with Gasteiger partial charge in [-0.25, -0.2) is 9.59 Å².